The molecule has 2 aromatic carbocycles. The molecule has 0 N–H and O–H groups in total. The zero-order valence-corrected chi connectivity index (χ0v) is 18.7. The van der Waals surface area contributed by atoms with Crippen LogP contribution in [0.1, 0.15) is 22.3 Å². The van der Waals surface area contributed by atoms with E-state index in [1.54, 1.807) is 35.4 Å². The number of hydrogen-bond acceptors (Lipinski definition) is 3. The Morgan fingerprint density at radius 2 is 1.66 bits per heavy atom. The van der Waals surface area contributed by atoms with Crippen LogP contribution in [0.5, 0.6) is 0 Å². The van der Waals surface area contributed by atoms with Crippen LogP contribution in [0.4, 0.5) is 0 Å². The predicted octanol–water partition coefficient (Wildman–Crippen LogP) is 4.85. The maximum Gasteiger partial charge on any atom is 0.245 e. The first-order valence-corrected chi connectivity index (χ1v) is 10.9. The van der Waals surface area contributed by atoms with Crippen molar-refractivity contribution in [2.24, 2.45) is 0 Å². The van der Waals surface area contributed by atoms with Gasteiger partial charge in [0.1, 0.15) is 17.7 Å². The summed E-state index contributed by atoms with van der Waals surface area (Å²) in [6.45, 7) is 4.70. The number of rotatable bonds is 11. The van der Waals surface area contributed by atoms with Gasteiger partial charge in [0, 0.05) is 13.1 Å². The lowest BCUT2D eigenvalue weighted by Gasteiger charge is -2.28. The van der Waals surface area contributed by atoms with Crippen molar-refractivity contribution in [1.29, 1.82) is 0 Å². The molecule has 0 radical (unpaired) electrons. The number of carbonyl (C=O) groups is 2. The van der Waals surface area contributed by atoms with Crippen molar-refractivity contribution in [3.63, 3.8) is 0 Å². The number of amides is 2. The second-order valence-corrected chi connectivity index (χ2v) is 7.85. The Morgan fingerprint density at radius 1 is 0.969 bits per heavy atom. The Bertz CT molecular complexity index is 990. The number of benzene rings is 2. The summed E-state index contributed by atoms with van der Waals surface area (Å²) < 4.78 is 5.45. The number of alkyl halides is 1. The van der Waals surface area contributed by atoms with Gasteiger partial charge in [-0.05, 0) is 29.7 Å². The van der Waals surface area contributed by atoms with E-state index in [-0.39, 0.29) is 24.9 Å². The van der Waals surface area contributed by atoms with E-state index in [1.807, 2.05) is 54.6 Å². The molecule has 0 aliphatic carbocycles. The van der Waals surface area contributed by atoms with Crippen molar-refractivity contribution in [3.05, 3.63) is 109 Å². The molecule has 3 aromatic rings. The quantitative estimate of drug-likeness (QED) is 0.310. The summed E-state index contributed by atoms with van der Waals surface area (Å²) >= 11 is 6.44. The van der Waals surface area contributed by atoms with Crippen molar-refractivity contribution >= 4 is 23.4 Å². The van der Waals surface area contributed by atoms with Crippen LogP contribution in [0.3, 0.4) is 0 Å². The molecule has 0 aliphatic rings. The molecule has 0 aliphatic heterocycles. The normalized spacial score (nSPS) is 11.5. The zero-order valence-electron chi connectivity index (χ0n) is 17.9. The molecule has 2 amide bonds. The molecule has 0 spiro atoms. The Balaban J connectivity index is 1.72. The lowest BCUT2D eigenvalue weighted by atomic mass is 10.1. The first kappa shape index (κ1) is 23.4. The molecule has 3 rings (SSSR count). The van der Waals surface area contributed by atoms with Gasteiger partial charge in [0.05, 0.1) is 12.8 Å². The highest BCUT2D eigenvalue weighted by atomic mass is 35.5. The molecule has 166 valence electrons. The molecule has 1 aromatic heterocycles. The van der Waals surface area contributed by atoms with Gasteiger partial charge in [0.25, 0.3) is 0 Å². The molecular formula is C26H27ClN2O3. The molecule has 1 atom stereocenters. The van der Waals surface area contributed by atoms with E-state index in [1.165, 1.54) is 4.90 Å². The third-order valence-electron chi connectivity index (χ3n) is 5.09. The van der Waals surface area contributed by atoms with Gasteiger partial charge in [-0.1, -0.05) is 66.7 Å². The predicted molar refractivity (Wildman–Crippen MR) is 126 cm³/mol. The highest BCUT2D eigenvalue weighted by Crippen LogP contribution is 2.23. The monoisotopic (exact) mass is 450 g/mol. The average molecular weight is 451 g/mol. The summed E-state index contributed by atoms with van der Waals surface area (Å²) in [5.41, 5.74) is 1.82. The van der Waals surface area contributed by atoms with Crippen LogP contribution in [0.2, 0.25) is 0 Å². The Kier molecular flexibility index (Phi) is 8.70. The van der Waals surface area contributed by atoms with Gasteiger partial charge in [0.2, 0.25) is 11.8 Å². The van der Waals surface area contributed by atoms with Gasteiger partial charge in [-0.15, -0.1) is 18.2 Å². The van der Waals surface area contributed by atoms with Crippen LogP contribution in [0, 0.1) is 0 Å². The number of halogens is 1. The molecule has 0 saturated carbocycles. The first-order valence-electron chi connectivity index (χ1n) is 10.5. The number of carbonyl (C=O) groups excluding carboxylic acids is 2. The van der Waals surface area contributed by atoms with Crippen LogP contribution in [-0.2, 0) is 22.6 Å². The van der Waals surface area contributed by atoms with E-state index >= 15 is 0 Å². The summed E-state index contributed by atoms with van der Waals surface area (Å²) in [6.07, 6.45) is 3.88. The summed E-state index contributed by atoms with van der Waals surface area (Å²) in [7, 11) is 0. The Morgan fingerprint density at radius 3 is 2.28 bits per heavy atom. The van der Waals surface area contributed by atoms with Crippen LogP contribution in [-0.4, -0.2) is 41.2 Å². The smallest absolute Gasteiger partial charge is 0.245 e. The van der Waals surface area contributed by atoms with Crippen molar-refractivity contribution in [2.75, 3.05) is 19.6 Å². The first-order chi connectivity index (χ1) is 15.6. The minimum atomic E-state index is -0.869. The Labute approximate surface area is 193 Å². The summed E-state index contributed by atoms with van der Waals surface area (Å²) in [5, 5.41) is -0.869. The molecular weight excluding hydrogens is 424 g/mol. The number of furan rings is 1. The third-order valence-corrected chi connectivity index (χ3v) is 5.53. The van der Waals surface area contributed by atoms with Gasteiger partial charge in [-0.25, -0.2) is 0 Å². The second kappa shape index (κ2) is 11.9. The second-order valence-electron chi connectivity index (χ2n) is 7.41. The number of nitrogens with zero attached hydrogens (tertiary/aromatic N) is 2. The SMILES string of the molecule is C=CCN(CC(=O)N(CCc1ccccc1)Cc1ccco1)C(=O)C(Cl)c1ccccc1. The number of hydrogen-bond donors (Lipinski definition) is 0. The highest BCUT2D eigenvalue weighted by Gasteiger charge is 2.27. The fourth-order valence-corrected chi connectivity index (χ4v) is 3.65. The van der Waals surface area contributed by atoms with E-state index in [0.717, 1.165) is 5.56 Å². The highest BCUT2D eigenvalue weighted by molar-refractivity contribution is 6.30. The van der Waals surface area contributed by atoms with Crippen LogP contribution < -0.4 is 0 Å². The molecule has 6 heteroatoms. The average Bonchev–Trinajstić information content (AvgIpc) is 3.35. The molecule has 1 unspecified atom stereocenters. The fraction of sp³-hybridized carbons (Fsp3) is 0.231. The van der Waals surface area contributed by atoms with Gasteiger partial charge in [-0.2, -0.15) is 0 Å². The van der Waals surface area contributed by atoms with Crippen molar-refractivity contribution in [2.45, 2.75) is 18.3 Å². The minimum Gasteiger partial charge on any atom is -0.467 e. The van der Waals surface area contributed by atoms with E-state index in [0.29, 0.717) is 30.8 Å². The molecule has 0 saturated heterocycles. The molecule has 5 nitrogen and oxygen atoms in total. The molecule has 32 heavy (non-hydrogen) atoms. The zero-order chi connectivity index (χ0) is 22.8. The standard InChI is InChI=1S/C26H27ClN2O3/c1-2-16-29(26(31)25(27)22-12-7-4-8-13-22)20-24(30)28(19-23-14-9-18-32-23)17-15-21-10-5-3-6-11-21/h2-14,18,25H,1,15-17,19-20H2. The Hall–Kier alpha value is -3.31. The van der Waals surface area contributed by atoms with E-state index in [9.17, 15) is 9.59 Å². The van der Waals surface area contributed by atoms with E-state index < -0.39 is 5.38 Å². The third kappa shape index (κ3) is 6.59. The van der Waals surface area contributed by atoms with Crippen LogP contribution in [0.15, 0.2) is 96.1 Å². The molecule has 0 fully saturated rings. The topological polar surface area (TPSA) is 53.8 Å². The van der Waals surface area contributed by atoms with Gasteiger partial charge < -0.3 is 14.2 Å². The minimum absolute atomic E-state index is 0.0869. The van der Waals surface area contributed by atoms with Crippen molar-refractivity contribution in [3.8, 4) is 0 Å². The van der Waals surface area contributed by atoms with E-state index in [4.69, 9.17) is 16.0 Å². The lowest BCUT2D eigenvalue weighted by Crippen LogP contribution is -2.44. The summed E-state index contributed by atoms with van der Waals surface area (Å²) in [5.74, 6) is 0.184. The fourth-order valence-electron chi connectivity index (χ4n) is 3.37. The van der Waals surface area contributed by atoms with Crippen molar-refractivity contribution < 1.29 is 14.0 Å². The van der Waals surface area contributed by atoms with E-state index in [2.05, 4.69) is 6.58 Å². The van der Waals surface area contributed by atoms with Crippen molar-refractivity contribution in [1.82, 2.24) is 9.80 Å². The van der Waals surface area contributed by atoms with Gasteiger partial charge in [-0.3, -0.25) is 9.59 Å². The lowest BCUT2D eigenvalue weighted by molar-refractivity contribution is -0.140. The largest absolute Gasteiger partial charge is 0.467 e. The van der Waals surface area contributed by atoms with Crippen LogP contribution in [0.25, 0.3) is 0 Å². The summed E-state index contributed by atoms with van der Waals surface area (Å²) in [6, 6.07) is 22.7. The summed E-state index contributed by atoms with van der Waals surface area (Å²) in [4.78, 5) is 29.4. The maximum atomic E-state index is 13.3. The van der Waals surface area contributed by atoms with Gasteiger partial charge >= 0.3 is 0 Å². The van der Waals surface area contributed by atoms with Crippen LogP contribution >= 0.6 is 11.6 Å². The molecule has 0 bridgehead atoms. The van der Waals surface area contributed by atoms with Gasteiger partial charge in [0.15, 0.2) is 0 Å². The molecule has 1 heterocycles. The maximum absolute atomic E-state index is 13.3.